The molecular weight excluding hydrogens is 288 g/mol. The predicted molar refractivity (Wildman–Crippen MR) is 80.0 cm³/mol. The summed E-state index contributed by atoms with van der Waals surface area (Å²) in [4.78, 5) is 14.2. The van der Waals surface area contributed by atoms with Crippen molar-refractivity contribution in [2.75, 3.05) is 26.4 Å². The first kappa shape index (κ1) is 14.5. The van der Waals surface area contributed by atoms with Gasteiger partial charge in [0.25, 0.3) is 0 Å². The largest absolute Gasteiger partial charge is 0.337 e. The zero-order valence-electron chi connectivity index (χ0n) is 12.3. The van der Waals surface area contributed by atoms with Gasteiger partial charge < -0.3 is 4.90 Å². The van der Waals surface area contributed by atoms with Crippen LogP contribution in [-0.4, -0.2) is 49.9 Å². The Bertz CT molecular complexity index is 649. The minimum atomic E-state index is -3.16. The highest BCUT2D eigenvalue weighted by Gasteiger charge is 2.60. The van der Waals surface area contributed by atoms with Crippen LogP contribution in [0.15, 0.2) is 30.3 Å². The van der Waals surface area contributed by atoms with Crippen molar-refractivity contribution in [3.63, 3.8) is 0 Å². The number of sulfonamides is 1. The molecule has 6 heteroatoms. The van der Waals surface area contributed by atoms with E-state index in [1.165, 1.54) is 10.6 Å². The lowest BCUT2D eigenvalue weighted by Gasteiger charge is -2.57. The first-order valence-corrected chi connectivity index (χ1v) is 8.98. The summed E-state index contributed by atoms with van der Waals surface area (Å²) >= 11 is 0. The molecule has 2 fully saturated rings. The van der Waals surface area contributed by atoms with E-state index in [-0.39, 0.29) is 11.9 Å². The molecule has 0 radical (unpaired) electrons. The number of hydrogen-bond donors (Lipinski definition) is 0. The molecule has 21 heavy (non-hydrogen) atoms. The van der Waals surface area contributed by atoms with Crippen molar-refractivity contribution in [3.05, 3.63) is 35.9 Å². The molecule has 0 aliphatic carbocycles. The monoisotopic (exact) mass is 308 g/mol. The van der Waals surface area contributed by atoms with Crippen LogP contribution in [0.4, 0.5) is 0 Å². The van der Waals surface area contributed by atoms with Gasteiger partial charge in [0.2, 0.25) is 15.9 Å². The number of nitrogens with zero attached hydrogens (tertiary/aromatic N) is 2. The first-order chi connectivity index (χ1) is 9.86. The van der Waals surface area contributed by atoms with E-state index in [1.54, 1.807) is 4.90 Å². The summed E-state index contributed by atoms with van der Waals surface area (Å²) in [7, 11) is -1.34. The molecule has 2 heterocycles. The Hall–Kier alpha value is -1.40. The third kappa shape index (κ3) is 2.17. The molecule has 1 atom stereocenters. The van der Waals surface area contributed by atoms with Gasteiger partial charge in [0.1, 0.15) is 0 Å². The van der Waals surface area contributed by atoms with Gasteiger partial charge in [-0.15, -0.1) is 0 Å². The smallest absolute Gasteiger partial charge is 0.231 e. The van der Waals surface area contributed by atoms with Gasteiger partial charge in [-0.1, -0.05) is 30.3 Å². The lowest BCUT2D eigenvalue weighted by Crippen LogP contribution is -2.65. The Morgan fingerprint density at radius 2 is 1.71 bits per heavy atom. The van der Waals surface area contributed by atoms with Crippen LogP contribution >= 0.6 is 0 Å². The second-order valence-electron chi connectivity index (χ2n) is 6.05. The summed E-state index contributed by atoms with van der Waals surface area (Å²) in [6, 6.07) is 10.1. The quantitative estimate of drug-likeness (QED) is 0.773. The molecule has 114 valence electrons. The van der Waals surface area contributed by atoms with E-state index in [0.29, 0.717) is 25.9 Å². The highest BCUT2D eigenvalue weighted by molar-refractivity contribution is 7.88. The van der Waals surface area contributed by atoms with E-state index >= 15 is 0 Å². The van der Waals surface area contributed by atoms with Gasteiger partial charge in [-0.25, -0.2) is 12.7 Å². The average Bonchev–Trinajstić information content (AvgIpc) is 2.47. The molecule has 1 aromatic carbocycles. The van der Waals surface area contributed by atoms with E-state index in [1.807, 2.05) is 37.4 Å². The standard InChI is InChI=1S/C15H20N2O3S/c1-16-13(12-6-4-3-5-7-12)15(14(16)18)8-10-17(11-9-15)21(2,19)20/h3-7,13H,8-11H2,1-2H3/t13-/m0/s1. The lowest BCUT2D eigenvalue weighted by molar-refractivity contribution is -0.175. The Labute approximate surface area is 125 Å². The Balaban J connectivity index is 1.86. The number of carbonyl (C=O) groups is 1. The van der Waals surface area contributed by atoms with Gasteiger partial charge in [-0.2, -0.15) is 0 Å². The molecule has 1 aromatic rings. The van der Waals surface area contributed by atoms with Crippen LogP contribution in [0.25, 0.3) is 0 Å². The number of hydrogen-bond acceptors (Lipinski definition) is 3. The van der Waals surface area contributed by atoms with Crippen LogP contribution < -0.4 is 0 Å². The fraction of sp³-hybridized carbons (Fsp3) is 0.533. The summed E-state index contributed by atoms with van der Waals surface area (Å²) < 4.78 is 24.7. The van der Waals surface area contributed by atoms with E-state index in [9.17, 15) is 13.2 Å². The number of β-lactam (4-membered cyclic amide) rings is 1. The SMILES string of the molecule is CN1C(=O)C2(CCN(S(C)(=O)=O)CC2)[C@@H]1c1ccccc1. The second-order valence-corrected chi connectivity index (χ2v) is 8.03. The number of rotatable bonds is 2. The summed E-state index contributed by atoms with van der Waals surface area (Å²) in [5, 5.41) is 0. The van der Waals surface area contributed by atoms with Gasteiger partial charge >= 0.3 is 0 Å². The maximum atomic E-state index is 12.4. The molecule has 0 unspecified atom stereocenters. The van der Waals surface area contributed by atoms with Crippen molar-refractivity contribution >= 4 is 15.9 Å². The minimum absolute atomic E-state index is 0.0629. The van der Waals surface area contributed by atoms with Crippen LogP contribution in [0.1, 0.15) is 24.4 Å². The topological polar surface area (TPSA) is 57.7 Å². The van der Waals surface area contributed by atoms with Crippen LogP contribution in [0.5, 0.6) is 0 Å². The van der Waals surface area contributed by atoms with Gasteiger partial charge in [0.05, 0.1) is 17.7 Å². The Kier molecular flexibility index (Phi) is 3.33. The van der Waals surface area contributed by atoms with Crippen LogP contribution in [0, 0.1) is 5.41 Å². The molecule has 5 nitrogen and oxygen atoms in total. The van der Waals surface area contributed by atoms with Crippen molar-refractivity contribution in [2.24, 2.45) is 5.41 Å². The molecule has 2 aliphatic heterocycles. The van der Waals surface area contributed by atoms with Gasteiger partial charge in [-0.3, -0.25) is 4.79 Å². The van der Waals surface area contributed by atoms with Crippen molar-refractivity contribution < 1.29 is 13.2 Å². The summed E-state index contributed by atoms with van der Waals surface area (Å²) in [5.41, 5.74) is 0.713. The van der Waals surface area contributed by atoms with Gasteiger partial charge in [0, 0.05) is 20.1 Å². The number of benzene rings is 1. The average molecular weight is 308 g/mol. The van der Waals surface area contributed by atoms with Crippen molar-refractivity contribution in [3.8, 4) is 0 Å². The van der Waals surface area contributed by atoms with E-state index < -0.39 is 15.4 Å². The number of carbonyl (C=O) groups excluding carboxylic acids is 1. The zero-order valence-corrected chi connectivity index (χ0v) is 13.1. The van der Waals surface area contributed by atoms with Gasteiger partial charge in [0.15, 0.2) is 0 Å². The first-order valence-electron chi connectivity index (χ1n) is 7.13. The van der Waals surface area contributed by atoms with E-state index in [2.05, 4.69) is 0 Å². The highest BCUT2D eigenvalue weighted by atomic mass is 32.2. The molecule has 2 saturated heterocycles. The maximum Gasteiger partial charge on any atom is 0.231 e. The van der Waals surface area contributed by atoms with Crippen LogP contribution in [0.2, 0.25) is 0 Å². The maximum absolute atomic E-state index is 12.4. The third-order valence-corrected chi connectivity index (χ3v) is 6.16. The fourth-order valence-corrected chi connectivity index (χ4v) is 4.62. The van der Waals surface area contributed by atoms with Crippen LogP contribution in [-0.2, 0) is 14.8 Å². The number of amides is 1. The number of likely N-dealkylation sites (tertiary alicyclic amines) is 1. The molecule has 1 amide bonds. The molecule has 3 rings (SSSR count). The second kappa shape index (κ2) is 4.81. The number of piperidine rings is 1. The summed E-state index contributed by atoms with van der Waals surface area (Å²) in [6.45, 7) is 0.865. The van der Waals surface area contributed by atoms with Crippen molar-refractivity contribution in [1.82, 2.24) is 9.21 Å². The normalized spacial score (nSPS) is 25.9. The minimum Gasteiger partial charge on any atom is -0.337 e. The van der Waals surface area contributed by atoms with Crippen molar-refractivity contribution in [1.29, 1.82) is 0 Å². The van der Waals surface area contributed by atoms with Crippen molar-refractivity contribution in [2.45, 2.75) is 18.9 Å². The van der Waals surface area contributed by atoms with Crippen LogP contribution in [0.3, 0.4) is 0 Å². The summed E-state index contributed by atoms with van der Waals surface area (Å²) in [6.07, 6.45) is 2.43. The van der Waals surface area contributed by atoms with E-state index in [4.69, 9.17) is 0 Å². The van der Waals surface area contributed by atoms with E-state index in [0.717, 1.165) is 5.56 Å². The molecule has 0 N–H and O–H groups in total. The molecule has 0 saturated carbocycles. The molecule has 0 aromatic heterocycles. The molecule has 1 spiro atoms. The highest BCUT2D eigenvalue weighted by Crippen LogP contribution is 2.55. The Morgan fingerprint density at radius 1 is 1.14 bits per heavy atom. The lowest BCUT2D eigenvalue weighted by atomic mass is 9.63. The Morgan fingerprint density at radius 3 is 2.24 bits per heavy atom. The zero-order chi connectivity index (χ0) is 15.3. The molecule has 0 bridgehead atoms. The summed E-state index contributed by atoms with van der Waals surface area (Å²) in [5.74, 6) is 0.143. The van der Waals surface area contributed by atoms with Gasteiger partial charge in [-0.05, 0) is 18.4 Å². The molecular formula is C15H20N2O3S. The predicted octanol–water partition coefficient (Wildman–Crippen LogP) is 1.24. The third-order valence-electron chi connectivity index (χ3n) is 4.86. The fourth-order valence-electron chi connectivity index (χ4n) is 3.77. The molecule has 2 aliphatic rings.